The normalized spacial score (nSPS) is 12.4. The van der Waals surface area contributed by atoms with Crippen LogP contribution in [-0.2, 0) is 6.42 Å². The average Bonchev–Trinajstić information content (AvgIpc) is 2.36. The summed E-state index contributed by atoms with van der Waals surface area (Å²) < 4.78 is 28.3. The van der Waals surface area contributed by atoms with Crippen LogP contribution in [0.2, 0.25) is 0 Å². The van der Waals surface area contributed by atoms with Crippen LogP contribution >= 0.6 is 15.9 Å². The van der Waals surface area contributed by atoms with Crippen LogP contribution in [-0.4, -0.2) is 0 Å². The Morgan fingerprint density at radius 2 is 1.85 bits per heavy atom. The van der Waals surface area contributed by atoms with Gasteiger partial charge in [0.2, 0.25) is 0 Å². The molecule has 2 rings (SSSR count). The Labute approximate surface area is 125 Å². The summed E-state index contributed by atoms with van der Waals surface area (Å²) in [5.74, 6) is 4.24. The quantitative estimate of drug-likeness (QED) is 0.656. The Bertz CT molecular complexity index is 594. The number of hydrogen-bond donors (Lipinski definition) is 2. The average molecular weight is 341 g/mol. The van der Waals surface area contributed by atoms with Crippen LogP contribution in [0, 0.1) is 18.6 Å². The second kappa shape index (κ2) is 6.43. The number of hydrogen-bond acceptors (Lipinski definition) is 2. The number of nitrogens with one attached hydrogen (secondary N) is 1. The molecule has 0 aromatic heterocycles. The van der Waals surface area contributed by atoms with Gasteiger partial charge in [0, 0.05) is 10.0 Å². The van der Waals surface area contributed by atoms with Gasteiger partial charge in [0.05, 0.1) is 6.04 Å². The zero-order valence-corrected chi connectivity index (χ0v) is 12.5. The first kappa shape index (κ1) is 15.1. The molecular weight excluding hydrogens is 326 g/mol. The van der Waals surface area contributed by atoms with Gasteiger partial charge in [-0.2, -0.15) is 0 Å². The Morgan fingerprint density at radius 3 is 2.40 bits per heavy atom. The molecule has 0 aliphatic rings. The van der Waals surface area contributed by atoms with Crippen molar-refractivity contribution in [2.24, 2.45) is 5.84 Å². The summed E-state index contributed by atoms with van der Waals surface area (Å²) >= 11 is 3.06. The first-order chi connectivity index (χ1) is 9.51. The van der Waals surface area contributed by atoms with E-state index >= 15 is 0 Å². The lowest BCUT2D eigenvalue weighted by atomic mass is 9.97. The van der Waals surface area contributed by atoms with Crippen molar-refractivity contribution in [1.29, 1.82) is 0 Å². The highest BCUT2D eigenvalue weighted by Crippen LogP contribution is 2.27. The predicted octanol–water partition coefficient (Wildman–Crippen LogP) is 3.78. The van der Waals surface area contributed by atoms with E-state index in [4.69, 9.17) is 5.84 Å². The summed E-state index contributed by atoms with van der Waals surface area (Å²) in [6.45, 7) is 1.97. The summed E-state index contributed by atoms with van der Waals surface area (Å²) in [4.78, 5) is 0. The number of aryl methyl sites for hydroxylation is 1. The molecule has 1 atom stereocenters. The highest BCUT2D eigenvalue weighted by atomic mass is 79.9. The van der Waals surface area contributed by atoms with Crippen LogP contribution in [0.25, 0.3) is 0 Å². The molecule has 0 radical (unpaired) electrons. The van der Waals surface area contributed by atoms with Gasteiger partial charge in [-0.15, -0.1) is 0 Å². The third-order valence-corrected chi connectivity index (χ3v) is 3.57. The first-order valence-electron chi connectivity index (χ1n) is 6.17. The Morgan fingerprint density at radius 1 is 1.20 bits per heavy atom. The van der Waals surface area contributed by atoms with Crippen LogP contribution in [0.3, 0.4) is 0 Å². The maximum atomic E-state index is 14.0. The third kappa shape index (κ3) is 3.42. The van der Waals surface area contributed by atoms with Crippen LogP contribution in [0.4, 0.5) is 8.78 Å². The molecule has 0 amide bonds. The molecule has 0 aliphatic heterocycles. The predicted molar refractivity (Wildman–Crippen MR) is 79.0 cm³/mol. The molecule has 0 bridgehead atoms. The van der Waals surface area contributed by atoms with Crippen molar-refractivity contribution in [3.63, 3.8) is 0 Å². The molecular formula is C15H15BrF2N2. The fraction of sp³-hybridized carbons (Fsp3) is 0.200. The smallest absolute Gasteiger partial charge is 0.132 e. The second-order valence-corrected chi connectivity index (χ2v) is 5.61. The van der Waals surface area contributed by atoms with E-state index in [1.165, 1.54) is 12.1 Å². The highest BCUT2D eigenvalue weighted by Gasteiger charge is 2.20. The standard InChI is InChI=1S/C15H15BrF2N2/c1-9-3-2-4-10(5-9)6-14(20-19)15-12(17)7-11(16)8-13(15)18/h2-5,7-8,14,20H,6,19H2,1H3. The van der Waals surface area contributed by atoms with Crippen molar-refractivity contribution in [2.75, 3.05) is 0 Å². The van der Waals surface area contributed by atoms with Crippen LogP contribution in [0.5, 0.6) is 0 Å². The fourth-order valence-electron chi connectivity index (χ4n) is 2.21. The molecule has 0 aliphatic carbocycles. The molecule has 0 saturated carbocycles. The fourth-order valence-corrected chi connectivity index (χ4v) is 2.61. The number of halogens is 3. The second-order valence-electron chi connectivity index (χ2n) is 4.70. The summed E-state index contributed by atoms with van der Waals surface area (Å²) in [5, 5.41) is 0. The molecule has 5 heteroatoms. The minimum Gasteiger partial charge on any atom is -0.271 e. The third-order valence-electron chi connectivity index (χ3n) is 3.12. The van der Waals surface area contributed by atoms with Crippen molar-refractivity contribution in [3.8, 4) is 0 Å². The van der Waals surface area contributed by atoms with Gasteiger partial charge in [0.25, 0.3) is 0 Å². The van der Waals surface area contributed by atoms with Crippen molar-refractivity contribution in [1.82, 2.24) is 5.43 Å². The van der Waals surface area contributed by atoms with E-state index < -0.39 is 17.7 Å². The Balaban J connectivity index is 2.34. The zero-order chi connectivity index (χ0) is 14.7. The van der Waals surface area contributed by atoms with Crippen LogP contribution in [0.15, 0.2) is 40.9 Å². The van der Waals surface area contributed by atoms with Gasteiger partial charge in [-0.1, -0.05) is 45.8 Å². The summed E-state index contributed by atoms with van der Waals surface area (Å²) in [5.41, 5.74) is 4.51. The maximum Gasteiger partial charge on any atom is 0.132 e. The first-order valence-corrected chi connectivity index (χ1v) is 6.96. The van der Waals surface area contributed by atoms with E-state index in [0.29, 0.717) is 10.9 Å². The van der Waals surface area contributed by atoms with E-state index in [9.17, 15) is 8.78 Å². The molecule has 0 heterocycles. The van der Waals surface area contributed by atoms with Crippen molar-refractivity contribution < 1.29 is 8.78 Å². The van der Waals surface area contributed by atoms with Crippen molar-refractivity contribution in [3.05, 3.63) is 69.2 Å². The van der Waals surface area contributed by atoms with E-state index in [1.807, 2.05) is 31.2 Å². The van der Waals surface area contributed by atoms with Gasteiger partial charge in [-0.3, -0.25) is 11.3 Å². The summed E-state index contributed by atoms with van der Waals surface area (Å²) in [6, 6.07) is 9.61. The van der Waals surface area contributed by atoms with Gasteiger partial charge in [-0.05, 0) is 31.0 Å². The molecule has 2 nitrogen and oxygen atoms in total. The van der Waals surface area contributed by atoms with Crippen LogP contribution in [0.1, 0.15) is 22.7 Å². The lowest BCUT2D eigenvalue weighted by Gasteiger charge is -2.18. The lowest BCUT2D eigenvalue weighted by Crippen LogP contribution is -2.31. The van der Waals surface area contributed by atoms with Gasteiger partial charge in [0.15, 0.2) is 0 Å². The van der Waals surface area contributed by atoms with E-state index in [2.05, 4.69) is 21.4 Å². The van der Waals surface area contributed by atoms with Crippen molar-refractivity contribution >= 4 is 15.9 Å². The molecule has 0 fully saturated rings. The van der Waals surface area contributed by atoms with E-state index in [1.54, 1.807) is 0 Å². The largest absolute Gasteiger partial charge is 0.271 e. The molecule has 2 aromatic rings. The zero-order valence-electron chi connectivity index (χ0n) is 11.0. The van der Waals surface area contributed by atoms with E-state index in [-0.39, 0.29) is 5.56 Å². The SMILES string of the molecule is Cc1cccc(CC(NN)c2c(F)cc(Br)cc2F)c1. The molecule has 1 unspecified atom stereocenters. The Kier molecular flexibility index (Phi) is 4.86. The van der Waals surface area contributed by atoms with Gasteiger partial charge in [-0.25, -0.2) is 8.78 Å². The van der Waals surface area contributed by atoms with Crippen LogP contribution < -0.4 is 11.3 Å². The van der Waals surface area contributed by atoms with Gasteiger partial charge in [0.1, 0.15) is 11.6 Å². The highest BCUT2D eigenvalue weighted by molar-refractivity contribution is 9.10. The van der Waals surface area contributed by atoms with Gasteiger partial charge >= 0.3 is 0 Å². The summed E-state index contributed by atoms with van der Waals surface area (Å²) in [7, 11) is 0. The molecule has 0 saturated heterocycles. The minimum atomic E-state index is -0.620. The maximum absolute atomic E-state index is 14.0. The number of rotatable bonds is 4. The minimum absolute atomic E-state index is 0.0443. The topological polar surface area (TPSA) is 38.0 Å². The number of nitrogens with two attached hydrogens (primary N) is 1. The number of hydrazine groups is 1. The molecule has 2 aromatic carbocycles. The monoisotopic (exact) mass is 340 g/mol. The van der Waals surface area contributed by atoms with E-state index in [0.717, 1.165) is 11.1 Å². The van der Waals surface area contributed by atoms with Gasteiger partial charge < -0.3 is 0 Å². The Hall–Kier alpha value is -1.30. The lowest BCUT2D eigenvalue weighted by molar-refractivity contribution is 0.472. The van der Waals surface area contributed by atoms with Crippen molar-refractivity contribution in [2.45, 2.75) is 19.4 Å². The molecule has 3 N–H and O–H groups in total. The molecule has 20 heavy (non-hydrogen) atoms. The number of benzene rings is 2. The molecule has 106 valence electrons. The summed E-state index contributed by atoms with van der Waals surface area (Å²) in [6.07, 6.45) is 0.410. The molecule has 0 spiro atoms.